The number of carboxylic acids is 1. The standard InChI is InChI=1S/C26H22ClN3O4S2/c1-35-19-7-5-17(6-8-19)34-18-9-15-10-21(26-28-13-20(36-26)12-24(31)32)30-25(15)22(11-18)33-14-16-3-2-4-23(27)29-16/h2-11,20,30H,12-14H2,1H3,(H,31,32). The molecule has 10 heteroatoms. The van der Waals surface area contributed by atoms with Gasteiger partial charge in [0.05, 0.1) is 29.9 Å². The number of carboxylic acid groups (broad SMARTS) is 1. The Morgan fingerprint density at radius 3 is 2.78 bits per heavy atom. The van der Waals surface area contributed by atoms with Crippen molar-refractivity contribution in [3.8, 4) is 17.2 Å². The zero-order chi connectivity index (χ0) is 25.1. The van der Waals surface area contributed by atoms with Crippen molar-refractivity contribution in [3.63, 3.8) is 0 Å². The van der Waals surface area contributed by atoms with Gasteiger partial charge >= 0.3 is 5.97 Å². The van der Waals surface area contributed by atoms with Gasteiger partial charge in [-0.1, -0.05) is 29.4 Å². The zero-order valence-electron chi connectivity index (χ0n) is 19.2. The van der Waals surface area contributed by atoms with E-state index in [-0.39, 0.29) is 18.3 Å². The molecule has 0 radical (unpaired) electrons. The van der Waals surface area contributed by atoms with Gasteiger partial charge in [0.15, 0.2) is 0 Å². The number of aromatic amines is 1. The number of hydrogen-bond acceptors (Lipinski definition) is 7. The van der Waals surface area contributed by atoms with Crippen molar-refractivity contribution in [2.45, 2.75) is 23.2 Å². The Kier molecular flexibility index (Phi) is 7.41. The van der Waals surface area contributed by atoms with Crippen LogP contribution in [0.2, 0.25) is 5.15 Å². The Balaban J connectivity index is 1.45. The van der Waals surface area contributed by atoms with Gasteiger partial charge in [0.25, 0.3) is 0 Å². The van der Waals surface area contributed by atoms with Gasteiger partial charge in [-0.15, -0.1) is 11.8 Å². The van der Waals surface area contributed by atoms with Crippen LogP contribution in [-0.4, -0.2) is 44.1 Å². The number of pyridine rings is 1. The molecule has 0 aliphatic carbocycles. The normalized spacial score (nSPS) is 15.2. The topological polar surface area (TPSA) is 96.8 Å². The van der Waals surface area contributed by atoms with Crippen LogP contribution in [0.1, 0.15) is 17.8 Å². The summed E-state index contributed by atoms with van der Waals surface area (Å²) < 4.78 is 12.3. The molecule has 7 nitrogen and oxygen atoms in total. The van der Waals surface area contributed by atoms with Gasteiger partial charge in [-0.3, -0.25) is 9.79 Å². The van der Waals surface area contributed by atoms with E-state index < -0.39 is 5.97 Å². The third-order valence-corrected chi connectivity index (χ3v) is 7.63. The number of aliphatic imine (C=N–C) groups is 1. The third-order valence-electron chi connectivity index (χ3n) is 5.46. The lowest BCUT2D eigenvalue weighted by Gasteiger charge is -2.11. The fourth-order valence-electron chi connectivity index (χ4n) is 3.80. The van der Waals surface area contributed by atoms with Crippen LogP contribution in [0.15, 0.2) is 70.6 Å². The summed E-state index contributed by atoms with van der Waals surface area (Å²) in [7, 11) is 0. The summed E-state index contributed by atoms with van der Waals surface area (Å²) >= 11 is 9.18. The third kappa shape index (κ3) is 5.80. The summed E-state index contributed by atoms with van der Waals surface area (Å²) in [6.45, 7) is 0.706. The molecule has 0 fully saturated rings. The van der Waals surface area contributed by atoms with Crippen molar-refractivity contribution in [2.75, 3.05) is 12.8 Å². The summed E-state index contributed by atoms with van der Waals surface area (Å²) in [6.07, 6.45) is 2.11. The second-order valence-electron chi connectivity index (χ2n) is 8.07. The van der Waals surface area contributed by atoms with Crippen LogP contribution in [0, 0.1) is 0 Å². The highest BCUT2D eigenvalue weighted by atomic mass is 35.5. The number of H-pyrrole nitrogens is 1. The molecule has 4 aromatic rings. The molecule has 0 saturated heterocycles. The monoisotopic (exact) mass is 539 g/mol. The van der Waals surface area contributed by atoms with Crippen LogP contribution in [0.4, 0.5) is 0 Å². The van der Waals surface area contributed by atoms with Gasteiger partial charge < -0.3 is 19.6 Å². The summed E-state index contributed by atoms with van der Waals surface area (Å²) in [6, 6.07) is 19.1. The van der Waals surface area contributed by atoms with Gasteiger partial charge in [-0.25, -0.2) is 4.98 Å². The molecule has 0 saturated carbocycles. The van der Waals surface area contributed by atoms with Crippen molar-refractivity contribution in [3.05, 3.63) is 77.2 Å². The van der Waals surface area contributed by atoms with Gasteiger partial charge in [0, 0.05) is 21.6 Å². The van der Waals surface area contributed by atoms with E-state index in [1.165, 1.54) is 11.8 Å². The first-order valence-electron chi connectivity index (χ1n) is 11.1. The van der Waals surface area contributed by atoms with Crippen LogP contribution in [0.5, 0.6) is 17.2 Å². The molecule has 184 valence electrons. The summed E-state index contributed by atoms with van der Waals surface area (Å²) in [5, 5.41) is 11.1. The number of ether oxygens (including phenoxy) is 2. The van der Waals surface area contributed by atoms with Crippen molar-refractivity contribution < 1.29 is 19.4 Å². The number of aromatic nitrogens is 2. The van der Waals surface area contributed by atoms with Crippen molar-refractivity contribution in [1.82, 2.24) is 9.97 Å². The number of carbonyl (C=O) groups is 1. The van der Waals surface area contributed by atoms with E-state index in [0.29, 0.717) is 28.9 Å². The van der Waals surface area contributed by atoms with Crippen molar-refractivity contribution >= 4 is 57.0 Å². The molecule has 1 aliphatic heterocycles. The van der Waals surface area contributed by atoms with Crippen molar-refractivity contribution in [1.29, 1.82) is 0 Å². The average Bonchev–Trinajstić information content (AvgIpc) is 3.50. The first-order valence-corrected chi connectivity index (χ1v) is 13.6. The molecule has 1 unspecified atom stereocenters. The second-order valence-corrected chi connectivity index (χ2v) is 10.6. The lowest BCUT2D eigenvalue weighted by molar-refractivity contribution is -0.136. The van der Waals surface area contributed by atoms with E-state index in [1.54, 1.807) is 17.8 Å². The SMILES string of the molecule is CSc1ccc(Oc2cc(OCc3cccc(Cl)n3)c3[nH]c(C4=NCC(CC(=O)O)S4)cc3c2)cc1. The second kappa shape index (κ2) is 10.9. The van der Waals surface area contributed by atoms with Crippen LogP contribution >= 0.6 is 35.1 Å². The number of benzene rings is 2. The Morgan fingerprint density at radius 1 is 1.19 bits per heavy atom. The number of aliphatic carboxylic acids is 1. The van der Waals surface area contributed by atoms with E-state index >= 15 is 0 Å². The van der Waals surface area contributed by atoms with E-state index in [0.717, 1.165) is 32.3 Å². The van der Waals surface area contributed by atoms with Gasteiger partial charge in [-0.2, -0.15) is 0 Å². The van der Waals surface area contributed by atoms with Gasteiger partial charge in [-0.05, 0) is 54.8 Å². The highest BCUT2D eigenvalue weighted by molar-refractivity contribution is 8.15. The van der Waals surface area contributed by atoms with Gasteiger partial charge in [0.1, 0.15) is 34.1 Å². The molecule has 5 rings (SSSR count). The largest absolute Gasteiger partial charge is 0.485 e. The number of fused-ring (bicyclic) bond motifs is 1. The molecular weight excluding hydrogens is 518 g/mol. The molecule has 0 bridgehead atoms. The molecule has 1 atom stereocenters. The number of nitrogens with zero attached hydrogens (tertiary/aromatic N) is 2. The Bertz CT molecular complexity index is 1440. The van der Waals surface area contributed by atoms with Crippen LogP contribution < -0.4 is 9.47 Å². The number of hydrogen-bond donors (Lipinski definition) is 2. The number of rotatable bonds is 9. The predicted octanol–water partition coefficient (Wildman–Crippen LogP) is 6.65. The molecule has 3 heterocycles. The number of nitrogens with one attached hydrogen (secondary N) is 1. The molecule has 36 heavy (non-hydrogen) atoms. The molecule has 0 amide bonds. The Morgan fingerprint density at radius 2 is 2.03 bits per heavy atom. The Hall–Kier alpha value is -3.14. The van der Waals surface area contributed by atoms with E-state index in [2.05, 4.69) is 15.0 Å². The maximum atomic E-state index is 11.1. The first-order chi connectivity index (χ1) is 17.5. The number of thioether (sulfide) groups is 2. The maximum Gasteiger partial charge on any atom is 0.304 e. The summed E-state index contributed by atoms with van der Waals surface area (Å²) in [4.78, 5) is 24.5. The first kappa shape index (κ1) is 24.5. The van der Waals surface area contributed by atoms with Gasteiger partial charge in [0.2, 0.25) is 0 Å². The smallest absolute Gasteiger partial charge is 0.304 e. The minimum absolute atomic E-state index is 0.0725. The van der Waals surface area contributed by atoms with Crippen LogP contribution in [0.25, 0.3) is 10.9 Å². The van der Waals surface area contributed by atoms with E-state index in [4.69, 9.17) is 26.2 Å². The number of halogens is 1. The van der Waals surface area contributed by atoms with E-state index in [9.17, 15) is 4.79 Å². The highest BCUT2D eigenvalue weighted by Gasteiger charge is 2.24. The van der Waals surface area contributed by atoms with E-state index in [1.807, 2.05) is 60.9 Å². The fraction of sp³-hybridized carbons (Fsp3) is 0.192. The predicted molar refractivity (Wildman–Crippen MR) is 145 cm³/mol. The molecule has 2 aromatic heterocycles. The quantitative estimate of drug-likeness (QED) is 0.181. The van der Waals surface area contributed by atoms with Crippen LogP contribution in [-0.2, 0) is 11.4 Å². The minimum Gasteiger partial charge on any atom is -0.485 e. The molecule has 0 spiro atoms. The lowest BCUT2D eigenvalue weighted by Crippen LogP contribution is -2.10. The Labute approximate surface area is 221 Å². The average molecular weight is 540 g/mol. The maximum absolute atomic E-state index is 11.1. The fourth-order valence-corrected chi connectivity index (χ4v) is 5.47. The highest BCUT2D eigenvalue weighted by Crippen LogP contribution is 2.36. The zero-order valence-corrected chi connectivity index (χ0v) is 21.6. The molecular formula is C26H22ClN3O4S2. The minimum atomic E-state index is -0.821. The molecule has 2 N–H and O–H groups in total. The van der Waals surface area contributed by atoms with Crippen molar-refractivity contribution in [2.24, 2.45) is 4.99 Å². The molecule has 1 aliphatic rings. The summed E-state index contributed by atoms with van der Waals surface area (Å²) in [5.41, 5.74) is 2.31. The van der Waals surface area contributed by atoms with Crippen LogP contribution in [0.3, 0.4) is 0 Å². The molecule has 2 aromatic carbocycles. The summed E-state index contributed by atoms with van der Waals surface area (Å²) in [5.74, 6) is 1.13. The lowest BCUT2D eigenvalue weighted by atomic mass is 10.2.